The number of benzene rings is 2. The van der Waals surface area contributed by atoms with E-state index in [0.29, 0.717) is 24.3 Å². The minimum Gasteiger partial charge on any atom is -0.386 e. The molecule has 0 radical (unpaired) electrons. The summed E-state index contributed by atoms with van der Waals surface area (Å²) in [5.41, 5.74) is 2.12. The molecule has 0 bridgehead atoms. The number of carbonyl (C=O) groups is 4. The lowest BCUT2D eigenvalue weighted by atomic mass is 9.97. The number of nitrogens with one attached hydrogen (secondary N) is 3. The van der Waals surface area contributed by atoms with Crippen molar-refractivity contribution in [1.29, 1.82) is 0 Å². The Morgan fingerprint density at radius 2 is 1.51 bits per heavy atom. The number of carbonyl (C=O) groups excluding carboxylic acids is 4. The molecule has 0 fully saturated rings. The number of nitrogens with zero attached hydrogens (tertiary/aromatic N) is 1. The number of rotatable bonds is 13. The summed E-state index contributed by atoms with van der Waals surface area (Å²) in [4.78, 5) is 53.6. The number of pyridine rings is 1. The van der Waals surface area contributed by atoms with Crippen LogP contribution >= 0.6 is 0 Å². The average molecular weight is 599 g/mol. The number of ether oxygens (including phenoxy) is 1. The van der Waals surface area contributed by atoms with Crippen molar-refractivity contribution in [2.75, 3.05) is 11.9 Å². The van der Waals surface area contributed by atoms with Gasteiger partial charge in [-0.1, -0.05) is 74.5 Å². The number of halogens is 3. The van der Waals surface area contributed by atoms with Crippen LogP contribution in [0.2, 0.25) is 0 Å². The molecule has 228 valence electrons. The van der Waals surface area contributed by atoms with Gasteiger partial charge in [0.25, 0.3) is 0 Å². The summed E-state index contributed by atoms with van der Waals surface area (Å²) >= 11 is 0. The van der Waals surface area contributed by atoms with E-state index < -0.39 is 42.5 Å². The minimum absolute atomic E-state index is 0.118. The standard InChI is InChI=1S/C31H33F3N4O5/c1-20(2)28(38-26(39)12-8-18-36-25-11-6-7-17-35-25)29(41)37-24(19-27(40)43-30(42)31(32,33)34)23-15-13-22(14-16-23)21-9-4-3-5-10-21/h3-7,9-11,13-17,20,24,28H,8,12,18-19H2,1-2H3,(H,35,36)(H,37,41)(H,38,39)/t24?,28-/m1/s1. The zero-order valence-corrected chi connectivity index (χ0v) is 23.7. The number of hydrogen-bond acceptors (Lipinski definition) is 7. The highest BCUT2D eigenvalue weighted by Gasteiger charge is 2.42. The molecule has 1 heterocycles. The van der Waals surface area contributed by atoms with Gasteiger partial charge in [-0.05, 0) is 41.2 Å². The minimum atomic E-state index is -5.36. The zero-order valence-electron chi connectivity index (χ0n) is 23.7. The molecule has 0 aliphatic heterocycles. The Morgan fingerprint density at radius 1 is 0.860 bits per heavy atom. The van der Waals surface area contributed by atoms with E-state index in [0.717, 1.165) is 11.1 Å². The molecule has 43 heavy (non-hydrogen) atoms. The van der Waals surface area contributed by atoms with Crippen LogP contribution in [0, 0.1) is 5.92 Å². The maximum Gasteiger partial charge on any atom is 0.491 e. The Morgan fingerprint density at radius 3 is 2.12 bits per heavy atom. The fourth-order valence-electron chi connectivity index (χ4n) is 4.14. The van der Waals surface area contributed by atoms with Crippen LogP contribution in [0.25, 0.3) is 11.1 Å². The molecule has 0 aliphatic rings. The number of hydrogen-bond donors (Lipinski definition) is 3. The van der Waals surface area contributed by atoms with E-state index in [9.17, 15) is 32.3 Å². The monoisotopic (exact) mass is 598 g/mol. The van der Waals surface area contributed by atoms with E-state index in [1.165, 1.54) is 0 Å². The lowest BCUT2D eigenvalue weighted by molar-refractivity contribution is -0.202. The first-order valence-electron chi connectivity index (χ1n) is 13.7. The molecule has 1 unspecified atom stereocenters. The van der Waals surface area contributed by atoms with Crippen molar-refractivity contribution in [2.24, 2.45) is 5.92 Å². The molecule has 1 aromatic heterocycles. The molecule has 0 saturated heterocycles. The van der Waals surface area contributed by atoms with Gasteiger partial charge in [-0.3, -0.25) is 14.4 Å². The molecule has 0 spiro atoms. The number of alkyl halides is 3. The fourth-order valence-corrected chi connectivity index (χ4v) is 4.14. The van der Waals surface area contributed by atoms with Crippen LogP contribution in [0.1, 0.15) is 44.7 Å². The number of esters is 2. The van der Waals surface area contributed by atoms with Crippen molar-refractivity contribution in [1.82, 2.24) is 15.6 Å². The third kappa shape index (κ3) is 10.6. The number of amides is 2. The second-order valence-electron chi connectivity index (χ2n) is 10.0. The SMILES string of the molecule is CC(C)[C@@H](NC(=O)CCCNc1ccccn1)C(=O)NC(CC(=O)OC(=O)C(F)(F)F)c1ccc(-c2ccccc2)cc1. The van der Waals surface area contributed by atoms with Gasteiger partial charge in [-0.2, -0.15) is 13.2 Å². The van der Waals surface area contributed by atoms with Crippen molar-refractivity contribution < 1.29 is 37.1 Å². The Labute approximate surface area is 247 Å². The fraction of sp³-hybridized carbons (Fsp3) is 0.323. The van der Waals surface area contributed by atoms with Gasteiger partial charge in [-0.25, -0.2) is 9.78 Å². The summed E-state index contributed by atoms with van der Waals surface area (Å²) in [6.45, 7) is 3.91. The van der Waals surface area contributed by atoms with E-state index in [4.69, 9.17) is 0 Å². The van der Waals surface area contributed by atoms with E-state index in [-0.39, 0.29) is 18.2 Å². The molecular formula is C31H33F3N4O5. The maximum atomic E-state index is 13.3. The molecule has 0 saturated carbocycles. The topological polar surface area (TPSA) is 126 Å². The second kappa shape index (κ2) is 15.5. The molecule has 0 aliphatic carbocycles. The van der Waals surface area contributed by atoms with Crippen molar-refractivity contribution in [2.45, 2.75) is 51.4 Å². The summed E-state index contributed by atoms with van der Waals surface area (Å²) in [6, 6.07) is 19.3. The largest absolute Gasteiger partial charge is 0.491 e. The Bertz CT molecular complexity index is 1370. The van der Waals surface area contributed by atoms with Crippen molar-refractivity contribution in [3.8, 4) is 11.1 Å². The van der Waals surface area contributed by atoms with Gasteiger partial charge in [0.2, 0.25) is 11.8 Å². The predicted molar refractivity (Wildman–Crippen MR) is 153 cm³/mol. The van der Waals surface area contributed by atoms with Crippen molar-refractivity contribution in [3.05, 3.63) is 84.6 Å². The van der Waals surface area contributed by atoms with Crippen LogP contribution in [0.5, 0.6) is 0 Å². The maximum absolute atomic E-state index is 13.3. The third-order valence-electron chi connectivity index (χ3n) is 6.36. The van der Waals surface area contributed by atoms with Gasteiger partial charge < -0.3 is 20.7 Å². The van der Waals surface area contributed by atoms with Crippen molar-refractivity contribution >= 4 is 29.6 Å². The molecule has 2 atom stereocenters. The summed E-state index contributed by atoms with van der Waals surface area (Å²) in [5.74, 6) is -4.84. The highest BCUT2D eigenvalue weighted by molar-refractivity contribution is 5.90. The molecule has 3 aromatic rings. The van der Waals surface area contributed by atoms with Gasteiger partial charge >= 0.3 is 18.1 Å². The van der Waals surface area contributed by atoms with Crippen LogP contribution in [0.15, 0.2) is 79.0 Å². The Kier molecular flexibility index (Phi) is 11.8. The summed E-state index contributed by atoms with van der Waals surface area (Å²) in [7, 11) is 0. The molecule has 3 rings (SSSR count). The Balaban J connectivity index is 1.69. The smallest absolute Gasteiger partial charge is 0.386 e. The highest BCUT2D eigenvalue weighted by Crippen LogP contribution is 2.25. The molecular weight excluding hydrogens is 565 g/mol. The van der Waals surface area contributed by atoms with Gasteiger partial charge in [-0.15, -0.1) is 0 Å². The third-order valence-corrected chi connectivity index (χ3v) is 6.36. The van der Waals surface area contributed by atoms with E-state index in [1.54, 1.807) is 56.4 Å². The van der Waals surface area contributed by atoms with E-state index in [2.05, 4.69) is 25.7 Å². The molecule has 2 aromatic carbocycles. The lowest BCUT2D eigenvalue weighted by Gasteiger charge is -2.26. The number of anilines is 1. The van der Waals surface area contributed by atoms with Gasteiger partial charge in [0, 0.05) is 19.2 Å². The Hall–Kier alpha value is -4.74. The van der Waals surface area contributed by atoms with Crippen LogP contribution in [0.3, 0.4) is 0 Å². The molecule has 2 amide bonds. The highest BCUT2D eigenvalue weighted by atomic mass is 19.4. The normalized spacial score (nSPS) is 12.6. The summed E-state index contributed by atoms with van der Waals surface area (Å²) in [5, 5.41) is 8.43. The first kappa shape index (κ1) is 32.8. The predicted octanol–water partition coefficient (Wildman–Crippen LogP) is 4.96. The lowest BCUT2D eigenvalue weighted by Crippen LogP contribution is -2.50. The van der Waals surface area contributed by atoms with E-state index >= 15 is 0 Å². The second-order valence-corrected chi connectivity index (χ2v) is 10.0. The van der Waals surface area contributed by atoms with Crippen LogP contribution in [-0.2, 0) is 23.9 Å². The quantitative estimate of drug-likeness (QED) is 0.144. The molecule has 3 N–H and O–H groups in total. The van der Waals surface area contributed by atoms with Crippen molar-refractivity contribution in [3.63, 3.8) is 0 Å². The van der Waals surface area contributed by atoms with Crippen LogP contribution in [-0.4, -0.2) is 47.5 Å². The summed E-state index contributed by atoms with van der Waals surface area (Å²) in [6.07, 6.45) is -3.89. The average Bonchev–Trinajstić information content (AvgIpc) is 2.98. The van der Waals surface area contributed by atoms with E-state index in [1.807, 2.05) is 36.4 Å². The number of aromatic nitrogens is 1. The molecule has 9 nitrogen and oxygen atoms in total. The van der Waals surface area contributed by atoms with Gasteiger partial charge in [0.1, 0.15) is 11.9 Å². The van der Waals surface area contributed by atoms with Gasteiger partial charge in [0.15, 0.2) is 0 Å². The van der Waals surface area contributed by atoms with Gasteiger partial charge in [0.05, 0.1) is 12.5 Å². The zero-order chi connectivity index (χ0) is 31.4. The summed E-state index contributed by atoms with van der Waals surface area (Å²) < 4.78 is 41.9. The van der Waals surface area contributed by atoms with Crippen LogP contribution < -0.4 is 16.0 Å². The molecule has 12 heteroatoms. The first-order chi connectivity index (χ1) is 20.4. The first-order valence-corrected chi connectivity index (χ1v) is 13.7. The van der Waals surface area contributed by atoms with Crippen LogP contribution in [0.4, 0.5) is 19.0 Å².